The Kier molecular flexibility index (Phi) is 5.16. The van der Waals surface area contributed by atoms with E-state index >= 15 is 0 Å². The summed E-state index contributed by atoms with van der Waals surface area (Å²) in [5.41, 5.74) is 2.27. The number of benzene rings is 1. The van der Waals surface area contributed by atoms with Crippen molar-refractivity contribution in [1.29, 1.82) is 0 Å². The Hall–Kier alpha value is -2.63. The number of aromatic nitrogens is 2. The number of hydrogen-bond donors (Lipinski definition) is 1. The van der Waals surface area contributed by atoms with Crippen LogP contribution in [-0.4, -0.2) is 43.1 Å². The third-order valence-electron chi connectivity index (χ3n) is 4.61. The Morgan fingerprint density at radius 1 is 1.12 bits per heavy atom. The summed E-state index contributed by atoms with van der Waals surface area (Å²) < 4.78 is 0. The highest BCUT2D eigenvalue weighted by Crippen LogP contribution is 2.20. The molecular weight excluding hydrogens is 314 g/mol. The molecule has 25 heavy (non-hydrogen) atoms. The van der Waals surface area contributed by atoms with Crippen LogP contribution < -0.4 is 15.1 Å². The highest BCUT2D eigenvalue weighted by atomic mass is 16.1. The SMILES string of the molecule is CC1CCN(c2ncc(NC(=O)c3ccc(N(C)C)cc3)cn2)CC1. The van der Waals surface area contributed by atoms with E-state index in [1.165, 1.54) is 12.8 Å². The van der Waals surface area contributed by atoms with Gasteiger partial charge < -0.3 is 15.1 Å². The van der Waals surface area contributed by atoms with Gasteiger partial charge >= 0.3 is 0 Å². The summed E-state index contributed by atoms with van der Waals surface area (Å²) >= 11 is 0. The molecule has 0 spiro atoms. The van der Waals surface area contributed by atoms with Crippen molar-refractivity contribution in [3.63, 3.8) is 0 Å². The van der Waals surface area contributed by atoms with Gasteiger partial charge in [-0.1, -0.05) is 6.92 Å². The summed E-state index contributed by atoms with van der Waals surface area (Å²) in [5, 5.41) is 2.85. The molecule has 1 aromatic carbocycles. The fourth-order valence-corrected chi connectivity index (χ4v) is 2.87. The second-order valence-electron chi connectivity index (χ2n) is 6.84. The minimum atomic E-state index is -0.159. The van der Waals surface area contributed by atoms with Crippen LogP contribution in [0.15, 0.2) is 36.7 Å². The van der Waals surface area contributed by atoms with Gasteiger partial charge in [-0.2, -0.15) is 0 Å². The number of carbonyl (C=O) groups is 1. The van der Waals surface area contributed by atoms with Gasteiger partial charge in [0.2, 0.25) is 5.95 Å². The fourth-order valence-electron chi connectivity index (χ4n) is 2.87. The lowest BCUT2D eigenvalue weighted by Crippen LogP contribution is -2.34. The van der Waals surface area contributed by atoms with Gasteiger partial charge in [-0.15, -0.1) is 0 Å². The maximum atomic E-state index is 12.3. The Labute approximate surface area is 148 Å². The second-order valence-corrected chi connectivity index (χ2v) is 6.84. The largest absolute Gasteiger partial charge is 0.378 e. The molecule has 1 fully saturated rings. The normalized spacial score (nSPS) is 15.1. The van der Waals surface area contributed by atoms with Crippen molar-refractivity contribution in [2.75, 3.05) is 42.3 Å². The minimum absolute atomic E-state index is 0.159. The van der Waals surface area contributed by atoms with E-state index in [1.54, 1.807) is 12.4 Å². The monoisotopic (exact) mass is 339 g/mol. The Morgan fingerprint density at radius 2 is 1.72 bits per heavy atom. The number of nitrogens with one attached hydrogen (secondary N) is 1. The van der Waals surface area contributed by atoms with E-state index in [2.05, 4.69) is 27.1 Å². The van der Waals surface area contributed by atoms with Crippen molar-refractivity contribution in [3.05, 3.63) is 42.2 Å². The minimum Gasteiger partial charge on any atom is -0.378 e. The smallest absolute Gasteiger partial charge is 0.255 e. The number of nitrogens with zero attached hydrogens (tertiary/aromatic N) is 4. The molecule has 1 N–H and O–H groups in total. The predicted molar refractivity (Wildman–Crippen MR) is 101 cm³/mol. The van der Waals surface area contributed by atoms with Crippen LogP contribution >= 0.6 is 0 Å². The van der Waals surface area contributed by atoms with E-state index in [9.17, 15) is 4.79 Å². The first-order valence-corrected chi connectivity index (χ1v) is 8.68. The molecule has 0 saturated carbocycles. The Balaban J connectivity index is 1.61. The lowest BCUT2D eigenvalue weighted by molar-refractivity contribution is 0.102. The summed E-state index contributed by atoms with van der Waals surface area (Å²) in [6, 6.07) is 7.47. The summed E-state index contributed by atoms with van der Waals surface area (Å²) in [4.78, 5) is 25.3. The van der Waals surface area contributed by atoms with Gasteiger partial charge in [0, 0.05) is 38.4 Å². The summed E-state index contributed by atoms with van der Waals surface area (Å²) in [6.45, 7) is 4.26. The lowest BCUT2D eigenvalue weighted by Gasteiger charge is -2.30. The van der Waals surface area contributed by atoms with Crippen molar-refractivity contribution in [2.24, 2.45) is 5.92 Å². The van der Waals surface area contributed by atoms with Gasteiger partial charge in [-0.3, -0.25) is 4.79 Å². The first-order valence-electron chi connectivity index (χ1n) is 8.68. The van der Waals surface area contributed by atoms with Gasteiger partial charge in [-0.05, 0) is 43.0 Å². The number of rotatable bonds is 4. The maximum Gasteiger partial charge on any atom is 0.255 e. The molecule has 6 heteroatoms. The van der Waals surface area contributed by atoms with Gasteiger partial charge in [0.25, 0.3) is 5.91 Å². The first kappa shape index (κ1) is 17.2. The van der Waals surface area contributed by atoms with Crippen molar-refractivity contribution < 1.29 is 4.79 Å². The van der Waals surface area contributed by atoms with Gasteiger partial charge in [0.15, 0.2) is 0 Å². The van der Waals surface area contributed by atoms with E-state index in [-0.39, 0.29) is 5.91 Å². The summed E-state index contributed by atoms with van der Waals surface area (Å²) in [7, 11) is 3.94. The van der Waals surface area contributed by atoms with Crippen LogP contribution in [0.5, 0.6) is 0 Å². The number of amides is 1. The van der Waals surface area contributed by atoms with Gasteiger partial charge in [0.1, 0.15) is 0 Å². The fraction of sp³-hybridized carbons (Fsp3) is 0.421. The average Bonchev–Trinajstić information content (AvgIpc) is 2.63. The topological polar surface area (TPSA) is 61.4 Å². The zero-order valence-electron chi connectivity index (χ0n) is 15.1. The molecule has 1 aliphatic rings. The van der Waals surface area contributed by atoms with E-state index in [0.29, 0.717) is 11.3 Å². The molecule has 3 rings (SSSR count). The van der Waals surface area contributed by atoms with Crippen LogP contribution in [0.1, 0.15) is 30.1 Å². The third kappa shape index (κ3) is 4.26. The molecule has 1 amide bonds. The first-order chi connectivity index (χ1) is 12.0. The molecule has 132 valence electrons. The number of carbonyl (C=O) groups excluding carboxylic acids is 1. The predicted octanol–water partition coefficient (Wildman–Crippen LogP) is 3.03. The highest BCUT2D eigenvalue weighted by molar-refractivity contribution is 6.04. The number of hydrogen-bond acceptors (Lipinski definition) is 5. The molecule has 2 heterocycles. The molecule has 0 bridgehead atoms. The van der Waals surface area contributed by atoms with Crippen molar-refractivity contribution in [2.45, 2.75) is 19.8 Å². The van der Waals surface area contributed by atoms with Crippen LogP contribution in [0.25, 0.3) is 0 Å². The van der Waals surface area contributed by atoms with E-state index < -0.39 is 0 Å². The van der Waals surface area contributed by atoms with Crippen LogP contribution in [0, 0.1) is 5.92 Å². The van der Waals surface area contributed by atoms with Gasteiger partial charge in [-0.25, -0.2) is 9.97 Å². The zero-order valence-corrected chi connectivity index (χ0v) is 15.1. The lowest BCUT2D eigenvalue weighted by atomic mass is 10.00. The molecule has 0 unspecified atom stereocenters. The molecule has 2 aromatic rings. The third-order valence-corrected chi connectivity index (χ3v) is 4.61. The second kappa shape index (κ2) is 7.51. The quantitative estimate of drug-likeness (QED) is 0.928. The molecule has 0 atom stereocenters. The molecule has 6 nitrogen and oxygen atoms in total. The average molecular weight is 339 g/mol. The number of piperidine rings is 1. The number of anilines is 3. The summed E-state index contributed by atoms with van der Waals surface area (Å²) in [6.07, 6.45) is 5.69. The van der Waals surface area contributed by atoms with E-state index in [4.69, 9.17) is 0 Å². The van der Waals surface area contributed by atoms with Crippen LogP contribution in [0.2, 0.25) is 0 Å². The van der Waals surface area contributed by atoms with Crippen LogP contribution in [-0.2, 0) is 0 Å². The zero-order chi connectivity index (χ0) is 17.8. The van der Waals surface area contributed by atoms with Crippen molar-refractivity contribution in [1.82, 2.24) is 9.97 Å². The molecule has 1 saturated heterocycles. The van der Waals surface area contributed by atoms with E-state index in [0.717, 1.165) is 30.6 Å². The highest BCUT2D eigenvalue weighted by Gasteiger charge is 2.18. The Morgan fingerprint density at radius 3 is 2.28 bits per heavy atom. The van der Waals surface area contributed by atoms with Crippen LogP contribution in [0.3, 0.4) is 0 Å². The van der Waals surface area contributed by atoms with Crippen LogP contribution in [0.4, 0.5) is 17.3 Å². The summed E-state index contributed by atoms with van der Waals surface area (Å²) in [5.74, 6) is 1.35. The molecular formula is C19H25N5O. The maximum absolute atomic E-state index is 12.3. The van der Waals surface area contributed by atoms with Crippen molar-refractivity contribution in [3.8, 4) is 0 Å². The van der Waals surface area contributed by atoms with Gasteiger partial charge in [0.05, 0.1) is 18.1 Å². The van der Waals surface area contributed by atoms with Crippen molar-refractivity contribution >= 4 is 23.2 Å². The van der Waals surface area contributed by atoms with E-state index in [1.807, 2.05) is 43.3 Å². The molecule has 1 aromatic heterocycles. The Bertz CT molecular complexity index is 704. The molecule has 0 aliphatic carbocycles. The molecule has 0 radical (unpaired) electrons. The standard InChI is InChI=1S/C19H25N5O/c1-14-8-10-24(11-9-14)19-20-12-16(13-21-19)22-18(25)15-4-6-17(7-5-15)23(2)3/h4-7,12-14H,8-11H2,1-3H3,(H,22,25). The molecule has 1 aliphatic heterocycles.